The number of carbonyl (C=O) groups is 1. The van der Waals surface area contributed by atoms with Crippen molar-refractivity contribution in [3.05, 3.63) is 41.3 Å². The number of hydrogen-bond acceptors (Lipinski definition) is 4. The summed E-state index contributed by atoms with van der Waals surface area (Å²) in [6, 6.07) is 4.66. The fourth-order valence-corrected chi connectivity index (χ4v) is 4.97. The maximum atomic E-state index is 14.1. The Morgan fingerprint density at radius 2 is 1.89 bits per heavy atom. The lowest BCUT2D eigenvalue weighted by atomic mass is 10.1. The van der Waals surface area contributed by atoms with Crippen LogP contribution in [0.2, 0.25) is 0 Å². The molecule has 1 fully saturated rings. The van der Waals surface area contributed by atoms with Crippen molar-refractivity contribution in [3.8, 4) is 10.4 Å². The van der Waals surface area contributed by atoms with E-state index in [9.17, 15) is 22.0 Å². The molecule has 0 spiro atoms. The van der Waals surface area contributed by atoms with Crippen LogP contribution in [0.15, 0.2) is 29.6 Å². The maximum absolute atomic E-state index is 14.1. The molecule has 1 atom stereocenters. The van der Waals surface area contributed by atoms with E-state index >= 15 is 0 Å². The molecule has 0 bridgehead atoms. The predicted octanol–water partition coefficient (Wildman–Crippen LogP) is 3.63. The molecule has 2 heterocycles. The van der Waals surface area contributed by atoms with Gasteiger partial charge in [0.05, 0.1) is 22.4 Å². The highest BCUT2D eigenvalue weighted by Crippen LogP contribution is 2.37. The largest absolute Gasteiger partial charge is 0.324 e. The molecule has 1 aliphatic heterocycles. The first kappa shape index (κ1) is 20.7. The van der Waals surface area contributed by atoms with Crippen molar-refractivity contribution in [3.63, 3.8) is 0 Å². The highest BCUT2D eigenvalue weighted by Gasteiger charge is 2.24. The van der Waals surface area contributed by atoms with Crippen LogP contribution < -0.4 is 10.0 Å². The monoisotopic (exact) mass is 429 g/mol. The molecule has 1 aromatic heterocycles. The van der Waals surface area contributed by atoms with Gasteiger partial charge in [0, 0.05) is 19.1 Å². The summed E-state index contributed by atoms with van der Waals surface area (Å²) in [6.45, 7) is 0.855. The Labute approximate surface area is 166 Å². The van der Waals surface area contributed by atoms with E-state index in [1.165, 1.54) is 18.2 Å². The number of thiophene rings is 1. The zero-order chi connectivity index (χ0) is 20.3. The van der Waals surface area contributed by atoms with E-state index < -0.39 is 21.7 Å². The SMILES string of the molecule is CS(=O)(=O)N[C@H]1CCCN(C(=O)Nc2ccsc2-c2c(F)cccc2F)CC1. The van der Waals surface area contributed by atoms with Crippen LogP contribution in [0.5, 0.6) is 0 Å². The standard InChI is InChI=1S/C18H21F2N3O3S2/c1-28(25,26)22-12-4-3-9-23(10-7-12)18(24)21-15-8-11-27-17(15)16-13(19)5-2-6-14(16)20/h2,5-6,8,11-12,22H,3-4,7,9-10H2,1H3,(H,21,24)/t12-/m0/s1. The van der Waals surface area contributed by atoms with E-state index in [1.54, 1.807) is 16.3 Å². The van der Waals surface area contributed by atoms with Crippen molar-refractivity contribution in [2.24, 2.45) is 0 Å². The minimum atomic E-state index is -3.30. The Hall–Kier alpha value is -2.04. The Morgan fingerprint density at radius 1 is 1.18 bits per heavy atom. The number of urea groups is 1. The van der Waals surface area contributed by atoms with Gasteiger partial charge in [-0.1, -0.05) is 6.07 Å². The highest BCUT2D eigenvalue weighted by atomic mass is 32.2. The molecule has 6 nitrogen and oxygen atoms in total. The molecule has 2 aromatic rings. The van der Waals surface area contributed by atoms with E-state index in [0.717, 1.165) is 17.6 Å². The number of halogens is 2. The second kappa shape index (κ2) is 8.54. The van der Waals surface area contributed by atoms with Crippen molar-refractivity contribution in [1.29, 1.82) is 0 Å². The van der Waals surface area contributed by atoms with Crippen LogP contribution in [0.1, 0.15) is 19.3 Å². The summed E-state index contributed by atoms with van der Waals surface area (Å²) in [5.74, 6) is -1.38. The van der Waals surface area contributed by atoms with Crippen molar-refractivity contribution < 1.29 is 22.0 Å². The normalized spacial score (nSPS) is 18.0. The van der Waals surface area contributed by atoms with Gasteiger partial charge in [0.15, 0.2) is 0 Å². The Kier molecular flexibility index (Phi) is 6.31. The van der Waals surface area contributed by atoms with Crippen LogP contribution in [-0.2, 0) is 10.0 Å². The second-order valence-corrected chi connectivity index (χ2v) is 9.39. The summed E-state index contributed by atoms with van der Waals surface area (Å²) in [4.78, 5) is 14.6. The summed E-state index contributed by atoms with van der Waals surface area (Å²) >= 11 is 1.14. The summed E-state index contributed by atoms with van der Waals surface area (Å²) in [5.41, 5.74) is 0.176. The van der Waals surface area contributed by atoms with Crippen LogP contribution in [0.25, 0.3) is 10.4 Å². The third kappa shape index (κ3) is 5.06. The minimum Gasteiger partial charge on any atom is -0.324 e. The Morgan fingerprint density at radius 3 is 2.57 bits per heavy atom. The molecule has 2 N–H and O–H groups in total. The molecular weight excluding hydrogens is 408 g/mol. The van der Waals surface area contributed by atoms with Gasteiger partial charge in [-0.05, 0) is 42.8 Å². The lowest BCUT2D eigenvalue weighted by molar-refractivity contribution is 0.213. The van der Waals surface area contributed by atoms with E-state index in [1.807, 2.05) is 0 Å². The number of amides is 2. The first-order valence-electron chi connectivity index (χ1n) is 8.79. The van der Waals surface area contributed by atoms with Gasteiger partial charge >= 0.3 is 6.03 Å². The molecular formula is C18H21F2N3O3S2. The van der Waals surface area contributed by atoms with Crippen LogP contribution in [0, 0.1) is 11.6 Å². The van der Waals surface area contributed by atoms with Crippen LogP contribution in [-0.4, -0.2) is 44.7 Å². The first-order chi connectivity index (χ1) is 13.2. The molecule has 1 aliphatic rings. The molecule has 10 heteroatoms. The van der Waals surface area contributed by atoms with Gasteiger partial charge in [-0.15, -0.1) is 11.3 Å². The number of likely N-dealkylation sites (tertiary alicyclic amines) is 1. The second-order valence-electron chi connectivity index (χ2n) is 6.70. The molecule has 1 aromatic carbocycles. The lowest BCUT2D eigenvalue weighted by Gasteiger charge is -2.21. The maximum Gasteiger partial charge on any atom is 0.321 e. The molecule has 28 heavy (non-hydrogen) atoms. The Balaban J connectivity index is 1.70. The minimum absolute atomic E-state index is 0.166. The summed E-state index contributed by atoms with van der Waals surface area (Å²) in [5, 5.41) is 4.39. The fourth-order valence-electron chi connectivity index (χ4n) is 3.23. The summed E-state index contributed by atoms with van der Waals surface area (Å²) in [6.07, 6.45) is 2.90. The molecule has 2 amide bonds. The number of rotatable bonds is 4. The van der Waals surface area contributed by atoms with Crippen LogP contribution >= 0.6 is 11.3 Å². The highest BCUT2D eigenvalue weighted by molar-refractivity contribution is 7.88. The number of benzene rings is 1. The fraction of sp³-hybridized carbons (Fsp3) is 0.389. The molecule has 152 valence electrons. The number of hydrogen-bond donors (Lipinski definition) is 2. The molecule has 0 saturated carbocycles. The average Bonchev–Trinajstić information content (AvgIpc) is 2.91. The van der Waals surface area contributed by atoms with Gasteiger partial charge in [0.1, 0.15) is 11.6 Å². The van der Waals surface area contributed by atoms with Crippen molar-refractivity contribution in [2.45, 2.75) is 25.3 Å². The van der Waals surface area contributed by atoms with E-state index in [0.29, 0.717) is 42.9 Å². The number of carbonyl (C=O) groups excluding carboxylic acids is 1. The molecule has 0 radical (unpaired) electrons. The number of nitrogens with zero attached hydrogens (tertiary/aromatic N) is 1. The van der Waals surface area contributed by atoms with Gasteiger partial charge in [-0.2, -0.15) is 0 Å². The molecule has 3 rings (SSSR count). The van der Waals surface area contributed by atoms with Crippen molar-refractivity contribution in [2.75, 3.05) is 24.7 Å². The van der Waals surface area contributed by atoms with E-state index in [-0.39, 0.29) is 17.6 Å². The molecule has 1 saturated heterocycles. The van der Waals surface area contributed by atoms with Crippen molar-refractivity contribution in [1.82, 2.24) is 9.62 Å². The third-order valence-electron chi connectivity index (χ3n) is 4.49. The lowest BCUT2D eigenvalue weighted by Crippen LogP contribution is -2.38. The van der Waals surface area contributed by atoms with Gasteiger partial charge in [0.25, 0.3) is 0 Å². The van der Waals surface area contributed by atoms with Crippen molar-refractivity contribution >= 4 is 33.1 Å². The summed E-state index contributed by atoms with van der Waals surface area (Å²) in [7, 11) is -3.30. The Bertz CT molecular complexity index is 942. The van der Waals surface area contributed by atoms with Crippen LogP contribution in [0.4, 0.5) is 19.3 Å². The van der Waals surface area contributed by atoms with Gasteiger partial charge in [-0.25, -0.2) is 26.7 Å². The van der Waals surface area contributed by atoms with Gasteiger partial charge in [-0.3, -0.25) is 0 Å². The zero-order valence-electron chi connectivity index (χ0n) is 15.2. The van der Waals surface area contributed by atoms with E-state index in [2.05, 4.69) is 10.0 Å². The predicted molar refractivity (Wildman–Crippen MR) is 106 cm³/mol. The first-order valence-corrected chi connectivity index (χ1v) is 11.6. The number of nitrogens with one attached hydrogen (secondary N) is 2. The molecule has 0 unspecified atom stereocenters. The van der Waals surface area contributed by atoms with Crippen LogP contribution in [0.3, 0.4) is 0 Å². The quantitative estimate of drug-likeness (QED) is 0.779. The average molecular weight is 430 g/mol. The topological polar surface area (TPSA) is 78.5 Å². The smallest absolute Gasteiger partial charge is 0.321 e. The number of anilines is 1. The van der Waals surface area contributed by atoms with Gasteiger partial charge < -0.3 is 10.2 Å². The zero-order valence-corrected chi connectivity index (χ0v) is 16.9. The van der Waals surface area contributed by atoms with E-state index in [4.69, 9.17) is 0 Å². The summed E-state index contributed by atoms with van der Waals surface area (Å²) < 4.78 is 53.6. The molecule has 0 aliphatic carbocycles. The number of sulfonamides is 1. The van der Waals surface area contributed by atoms with Gasteiger partial charge in [0.2, 0.25) is 10.0 Å². The third-order valence-corrected chi connectivity index (χ3v) is 6.19.